The van der Waals surface area contributed by atoms with Crippen LogP contribution in [0.5, 0.6) is 0 Å². The number of benzene rings is 1. The molecule has 12 heteroatoms. The Labute approximate surface area is 194 Å². The minimum Gasteiger partial charge on any atom is -0.463 e. The highest BCUT2D eigenvalue weighted by atomic mass is 79.9. The zero-order valence-electron chi connectivity index (χ0n) is 17.4. The van der Waals surface area contributed by atoms with Crippen molar-refractivity contribution in [2.75, 3.05) is 7.11 Å². The van der Waals surface area contributed by atoms with Crippen molar-refractivity contribution in [1.29, 1.82) is 0 Å². The maximum Gasteiger partial charge on any atom is 0.523 e. The van der Waals surface area contributed by atoms with Gasteiger partial charge in [0, 0.05) is 10.0 Å². The maximum atomic E-state index is 12.8. The first-order valence-corrected chi connectivity index (χ1v) is 10.2. The number of nitrogens with zero attached hydrogens (tertiary/aromatic N) is 3. The van der Waals surface area contributed by atoms with Crippen LogP contribution in [0.2, 0.25) is 0 Å². The third kappa shape index (κ3) is 5.82. The van der Waals surface area contributed by atoms with Gasteiger partial charge in [-0.25, -0.2) is 9.48 Å². The quantitative estimate of drug-likeness (QED) is 0.232. The lowest BCUT2D eigenvalue weighted by Crippen LogP contribution is -2.34. The highest BCUT2D eigenvalue weighted by Gasteiger charge is 2.39. The van der Waals surface area contributed by atoms with E-state index in [1.54, 1.807) is 18.2 Å². The van der Waals surface area contributed by atoms with Gasteiger partial charge in [-0.2, -0.15) is 0 Å². The summed E-state index contributed by atoms with van der Waals surface area (Å²) in [5, 5.41) is 7.86. The molecule has 1 atom stereocenters. The van der Waals surface area contributed by atoms with Crippen LogP contribution in [0.25, 0.3) is 11.3 Å². The molecule has 0 N–H and O–H groups in total. The number of hydrogen-bond acceptors (Lipinski definition) is 7. The lowest BCUT2D eigenvalue weighted by Gasteiger charge is -2.29. The summed E-state index contributed by atoms with van der Waals surface area (Å²) in [6.45, 7) is 1.31. The molecule has 1 heterocycles. The highest BCUT2D eigenvalue weighted by molar-refractivity contribution is 9.10. The Morgan fingerprint density at radius 3 is 2.61 bits per heavy atom. The van der Waals surface area contributed by atoms with Gasteiger partial charge in [-0.05, 0) is 37.1 Å². The van der Waals surface area contributed by atoms with Gasteiger partial charge in [0.05, 0.1) is 36.7 Å². The fraction of sp³-hybridized carbons (Fsp3) is 0.286. The number of ketones is 2. The third-order valence-corrected chi connectivity index (χ3v) is 5.25. The molecule has 1 aliphatic carbocycles. The van der Waals surface area contributed by atoms with E-state index in [0.717, 1.165) is 7.11 Å². The normalized spacial score (nSPS) is 18.1. The minimum absolute atomic E-state index is 0.0680. The molecule has 0 fully saturated rings. The summed E-state index contributed by atoms with van der Waals surface area (Å²) in [5.41, 5.74) is -0.314. The van der Waals surface area contributed by atoms with Crippen molar-refractivity contribution >= 4 is 39.0 Å². The molecule has 33 heavy (non-hydrogen) atoms. The van der Waals surface area contributed by atoms with E-state index in [0.29, 0.717) is 15.7 Å². The predicted molar refractivity (Wildman–Crippen MR) is 112 cm³/mol. The molecule has 1 unspecified atom stereocenters. The summed E-state index contributed by atoms with van der Waals surface area (Å²) in [4.78, 5) is 36.0. The van der Waals surface area contributed by atoms with Crippen molar-refractivity contribution in [2.24, 2.45) is 0 Å². The van der Waals surface area contributed by atoms with Crippen molar-refractivity contribution in [3.63, 3.8) is 0 Å². The van der Waals surface area contributed by atoms with E-state index in [9.17, 15) is 27.6 Å². The maximum absolute atomic E-state index is 12.8. The molecule has 0 bridgehead atoms. The number of carbonyl (C=O) groups excluding carboxylic acids is 3. The van der Waals surface area contributed by atoms with E-state index in [1.807, 2.05) is 0 Å². The molecule has 1 aliphatic rings. The molecule has 0 spiro atoms. The van der Waals surface area contributed by atoms with Crippen LogP contribution in [0.3, 0.4) is 0 Å². The van der Waals surface area contributed by atoms with Crippen LogP contribution in [0.1, 0.15) is 35.8 Å². The topological polar surface area (TPSA) is 100 Å². The number of rotatable bonds is 7. The molecule has 0 amide bonds. The van der Waals surface area contributed by atoms with E-state index in [2.05, 4.69) is 35.7 Å². The molecule has 1 aromatic heterocycles. The second kappa shape index (κ2) is 9.40. The third-order valence-electron chi connectivity index (χ3n) is 4.76. The number of Topliss-reactive ketones (excluding diaryl/α,β-unsaturated/α-hetero) is 2. The van der Waals surface area contributed by atoms with Crippen molar-refractivity contribution < 1.29 is 37.0 Å². The van der Waals surface area contributed by atoms with Crippen LogP contribution in [-0.2, 0) is 19.1 Å². The van der Waals surface area contributed by atoms with Gasteiger partial charge in [0.2, 0.25) is 5.78 Å². The minimum atomic E-state index is -4.79. The first kappa shape index (κ1) is 24.5. The van der Waals surface area contributed by atoms with Crippen LogP contribution < -0.4 is 0 Å². The number of halogens is 4. The Morgan fingerprint density at radius 1 is 1.27 bits per heavy atom. The molecule has 0 aliphatic heterocycles. The van der Waals surface area contributed by atoms with Crippen molar-refractivity contribution in [1.82, 2.24) is 15.0 Å². The standard InChI is InChI=1S/C21H17BrF3N3O5/c1-20(33-21(23,24)25)7-5-12(6-8-20)16-11-26-27-28(16)15-9-13(22)3-4-14(15)17(29)10-18(30)19(31)32-2/h3-7,9,11H,8,10H2,1-2H3. The summed E-state index contributed by atoms with van der Waals surface area (Å²) in [5.74, 6) is -2.78. The van der Waals surface area contributed by atoms with E-state index < -0.39 is 35.9 Å². The van der Waals surface area contributed by atoms with Gasteiger partial charge in [0.1, 0.15) is 0 Å². The number of carbonyl (C=O) groups is 3. The number of ether oxygens (including phenoxy) is 2. The fourth-order valence-electron chi connectivity index (χ4n) is 3.20. The molecule has 0 saturated heterocycles. The lowest BCUT2D eigenvalue weighted by molar-refractivity contribution is -0.355. The van der Waals surface area contributed by atoms with Gasteiger partial charge in [-0.1, -0.05) is 39.4 Å². The second-order valence-electron chi connectivity index (χ2n) is 7.26. The zero-order valence-corrected chi connectivity index (χ0v) is 18.9. The molecule has 2 aromatic rings. The summed E-state index contributed by atoms with van der Waals surface area (Å²) in [6.07, 6.45) is 0.0999. The number of hydrogen-bond donors (Lipinski definition) is 0. The molecule has 8 nitrogen and oxygen atoms in total. The predicted octanol–water partition coefficient (Wildman–Crippen LogP) is 3.98. The molecule has 0 saturated carbocycles. The average molecular weight is 528 g/mol. The smallest absolute Gasteiger partial charge is 0.463 e. The number of aromatic nitrogens is 3. The van der Waals surface area contributed by atoms with Crippen molar-refractivity contribution in [3.8, 4) is 5.69 Å². The van der Waals surface area contributed by atoms with Crippen LogP contribution in [0.4, 0.5) is 13.2 Å². The number of methoxy groups -OCH3 is 1. The van der Waals surface area contributed by atoms with E-state index in [4.69, 9.17) is 0 Å². The summed E-state index contributed by atoms with van der Waals surface area (Å²) >= 11 is 3.31. The van der Waals surface area contributed by atoms with Crippen LogP contribution >= 0.6 is 15.9 Å². The van der Waals surface area contributed by atoms with Crippen molar-refractivity contribution in [3.05, 3.63) is 58.4 Å². The monoisotopic (exact) mass is 527 g/mol. The largest absolute Gasteiger partial charge is 0.523 e. The molecular weight excluding hydrogens is 511 g/mol. The fourth-order valence-corrected chi connectivity index (χ4v) is 3.55. The van der Waals surface area contributed by atoms with Gasteiger partial charge >= 0.3 is 12.3 Å². The Morgan fingerprint density at radius 2 is 2.00 bits per heavy atom. The molecule has 3 rings (SSSR count). The Bertz CT molecular complexity index is 1170. The first-order valence-electron chi connectivity index (χ1n) is 9.44. The Balaban J connectivity index is 1.94. The van der Waals surface area contributed by atoms with E-state index in [1.165, 1.54) is 36.0 Å². The van der Waals surface area contributed by atoms with Crippen molar-refractivity contribution in [2.45, 2.75) is 31.7 Å². The molecule has 174 valence electrons. The van der Waals surface area contributed by atoms with Gasteiger partial charge in [0.15, 0.2) is 5.78 Å². The van der Waals surface area contributed by atoms with E-state index in [-0.39, 0.29) is 17.7 Å². The second-order valence-corrected chi connectivity index (χ2v) is 8.18. The highest BCUT2D eigenvalue weighted by Crippen LogP contribution is 2.35. The summed E-state index contributed by atoms with van der Waals surface area (Å²) in [7, 11) is 1.04. The van der Waals surface area contributed by atoms with Crippen LogP contribution in [-0.4, -0.2) is 51.6 Å². The van der Waals surface area contributed by atoms with Gasteiger partial charge in [-0.3, -0.25) is 14.3 Å². The number of allylic oxidation sites excluding steroid dienone is 2. The molecule has 0 radical (unpaired) electrons. The first-order chi connectivity index (χ1) is 15.4. The van der Waals surface area contributed by atoms with Gasteiger partial charge in [0.25, 0.3) is 0 Å². The Kier molecular flexibility index (Phi) is 6.98. The zero-order chi connectivity index (χ0) is 24.4. The lowest BCUT2D eigenvalue weighted by atomic mass is 9.92. The summed E-state index contributed by atoms with van der Waals surface area (Å²) < 4.78 is 48.5. The Hall–Kier alpha value is -3.12. The SMILES string of the molecule is COC(=O)C(=O)CC(=O)c1ccc(Br)cc1-n1nncc1C1=CCC(C)(OC(F)(F)F)C=C1. The van der Waals surface area contributed by atoms with Crippen LogP contribution in [0, 0.1) is 0 Å². The summed E-state index contributed by atoms with van der Waals surface area (Å²) in [6, 6.07) is 4.60. The number of alkyl halides is 3. The molecule has 1 aromatic carbocycles. The van der Waals surface area contributed by atoms with Gasteiger partial charge < -0.3 is 4.74 Å². The van der Waals surface area contributed by atoms with E-state index >= 15 is 0 Å². The molecular formula is C21H17BrF3N3O5. The van der Waals surface area contributed by atoms with Crippen LogP contribution in [0.15, 0.2) is 47.1 Å². The number of esters is 1. The van der Waals surface area contributed by atoms with Gasteiger partial charge in [-0.15, -0.1) is 18.3 Å². The average Bonchev–Trinajstić information content (AvgIpc) is 3.21.